The van der Waals surface area contributed by atoms with Gasteiger partial charge in [0.25, 0.3) is 11.8 Å². The van der Waals surface area contributed by atoms with E-state index in [4.69, 9.17) is 0 Å². The van der Waals surface area contributed by atoms with Crippen molar-refractivity contribution in [3.8, 4) is 0 Å². The Kier molecular flexibility index (Phi) is 5.56. The number of benzene rings is 1. The van der Waals surface area contributed by atoms with E-state index in [0.29, 0.717) is 17.3 Å². The number of rotatable bonds is 6. The molecule has 0 aliphatic heterocycles. The first kappa shape index (κ1) is 16.9. The van der Waals surface area contributed by atoms with Crippen LogP contribution in [0, 0.1) is 0 Å². The van der Waals surface area contributed by atoms with Crippen molar-refractivity contribution in [2.24, 2.45) is 0 Å². The molecule has 1 atom stereocenters. The Morgan fingerprint density at radius 2 is 1.75 bits per heavy atom. The van der Waals surface area contributed by atoms with Gasteiger partial charge in [-0.25, -0.2) is 22.0 Å². The first-order valence-corrected chi connectivity index (χ1v) is 6.75. The van der Waals surface area contributed by atoms with Crippen molar-refractivity contribution in [1.29, 1.82) is 0 Å². The second-order valence-electron chi connectivity index (χ2n) is 4.33. The first-order chi connectivity index (χ1) is 9.14. The molecule has 1 aromatic rings. The predicted molar refractivity (Wildman–Crippen MR) is 68.3 cm³/mol. The Hall–Kier alpha value is -1.11. The molecule has 1 rings (SSSR count). The van der Waals surface area contributed by atoms with Crippen LogP contribution in [0.1, 0.15) is 23.7 Å². The summed E-state index contributed by atoms with van der Waals surface area (Å²) in [5.74, 6) is -8.71. The number of hydrogen-bond acceptors (Lipinski definition) is 2. The molecule has 1 aromatic carbocycles. The fraction of sp³-hybridized carbons (Fsp3) is 0.462. The number of carbonyl (C=O) groups excluding carboxylic acids is 1. The lowest BCUT2D eigenvalue weighted by Gasteiger charge is -2.24. The standard InChI is InChI=1S/C13H13F5OS/c1-12(15,16)11(14)13(17,18)7-8-20-10(19)9-5-3-2-4-6-9/h2-6,11H,7-8H2,1H3. The van der Waals surface area contributed by atoms with Crippen LogP contribution in [0.4, 0.5) is 22.0 Å². The molecule has 0 heterocycles. The van der Waals surface area contributed by atoms with Crippen LogP contribution in [0.25, 0.3) is 0 Å². The van der Waals surface area contributed by atoms with Gasteiger partial charge in [-0.05, 0) is 0 Å². The van der Waals surface area contributed by atoms with Gasteiger partial charge in [-0.3, -0.25) is 4.79 Å². The van der Waals surface area contributed by atoms with Crippen molar-refractivity contribution >= 4 is 16.9 Å². The van der Waals surface area contributed by atoms with E-state index in [1.54, 1.807) is 18.2 Å². The fourth-order valence-corrected chi connectivity index (χ4v) is 2.30. The van der Waals surface area contributed by atoms with Crippen molar-refractivity contribution in [2.75, 3.05) is 5.75 Å². The molecule has 7 heteroatoms. The molecule has 0 aliphatic carbocycles. The smallest absolute Gasteiger partial charge is 0.282 e. The van der Waals surface area contributed by atoms with Gasteiger partial charge in [0.15, 0.2) is 0 Å². The van der Waals surface area contributed by atoms with Crippen LogP contribution >= 0.6 is 11.8 Å². The van der Waals surface area contributed by atoms with E-state index in [1.807, 2.05) is 0 Å². The van der Waals surface area contributed by atoms with E-state index in [2.05, 4.69) is 0 Å². The van der Waals surface area contributed by atoms with Crippen LogP contribution in [-0.2, 0) is 0 Å². The zero-order chi connectivity index (χ0) is 15.4. The molecule has 0 amide bonds. The van der Waals surface area contributed by atoms with Gasteiger partial charge >= 0.3 is 0 Å². The molecule has 0 saturated heterocycles. The molecular formula is C13H13F5OS. The van der Waals surface area contributed by atoms with Gasteiger partial charge in [-0.2, -0.15) is 0 Å². The average Bonchev–Trinajstić information content (AvgIpc) is 2.37. The number of halogens is 5. The Labute approximate surface area is 117 Å². The molecule has 0 fully saturated rings. The summed E-state index contributed by atoms with van der Waals surface area (Å²) in [6.45, 7) is 0.105. The zero-order valence-corrected chi connectivity index (χ0v) is 11.4. The molecule has 0 N–H and O–H groups in total. The summed E-state index contributed by atoms with van der Waals surface area (Å²) in [6.07, 6.45) is -4.68. The molecule has 1 nitrogen and oxygen atoms in total. The summed E-state index contributed by atoms with van der Waals surface area (Å²) < 4.78 is 64.4. The number of thioether (sulfide) groups is 1. The molecule has 1 unspecified atom stereocenters. The molecule has 0 aliphatic rings. The molecule has 112 valence electrons. The second-order valence-corrected chi connectivity index (χ2v) is 5.40. The molecule has 0 saturated carbocycles. The van der Waals surface area contributed by atoms with Gasteiger partial charge in [0.1, 0.15) is 0 Å². The minimum atomic E-state index is -4.16. The van der Waals surface area contributed by atoms with Crippen LogP contribution in [0.2, 0.25) is 0 Å². The van der Waals surface area contributed by atoms with Gasteiger partial charge in [0.2, 0.25) is 11.3 Å². The lowest BCUT2D eigenvalue weighted by atomic mass is 10.1. The maximum Gasteiger partial charge on any atom is 0.285 e. The quantitative estimate of drug-likeness (QED) is 0.715. The van der Waals surface area contributed by atoms with E-state index < -0.39 is 35.3 Å². The van der Waals surface area contributed by atoms with Crippen LogP contribution in [-0.4, -0.2) is 28.9 Å². The van der Waals surface area contributed by atoms with Crippen molar-refractivity contribution in [3.63, 3.8) is 0 Å². The van der Waals surface area contributed by atoms with Crippen LogP contribution in [0.5, 0.6) is 0 Å². The molecule has 0 aromatic heterocycles. The van der Waals surface area contributed by atoms with Crippen molar-refractivity contribution in [1.82, 2.24) is 0 Å². The largest absolute Gasteiger partial charge is 0.285 e. The van der Waals surface area contributed by atoms with Gasteiger partial charge in [-0.15, -0.1) is 0 Å². The van der Waals surface area contributed by atoms with Gasteiger partial charge < -0.3 is 0 Å². The molecule has 0 radical (unpaired) electrons. The van der Waals surface area contributed by atoms with Crippen LogP contribution in [0.15, 0.2) is 30.3 Å². The minimum Gasteiger partial charge on any atom is -0.282 e. The van der Waals surface area contributed by atoms with Gasteiger partial charge in [0, 0.05) is 24.7 Å². The highest BCUT2D eigenvalue weighted by Gasteiger charge is 2.52. The summed E-state index contributed by atoms with van der Waals surface area (Å²) >= 11 is 0.554. The van der Waals surface area contributed by atoms with E-state index in [9.17, 15) is 26.7 Å². The van der Waals surface area contributed by atoms with E-state index in [1.165, 1.54) is 12.1 Å². The lowest BCUT2D eigenvalue weighted by molar-refractivity contribution is -0.172. The van der Waals surface area contributed by atoms with Crippen LogP contribution in [0.3, 0.4) is 0 Å². The van der Waals surface area contributed by atoms with Crippen LogP contribution < -0.4 is 0 Å². The second kappa shape index (κ2) is 6.56. The monoisotopic (exact) mass is 312 g/mol. The minimum absolute atomic E-state index is 0.105. The fourth-order valence-electron chi connectivity index (χ4n) is 1.43. The van der Waals surface area contributed by atoms with Gasteiger partial charge in [0.05, 0.1) is 0 Å². The van der Waals surface area contributed by atoms with Crippen molar-refractivity contribution < 1.29 is 26.7 Å². The van der Waals surface area contributed by atoms with Crippen molar-refractivity contribution in [3.05, 3.63) is 35.9 Å². The number of carbonyl (C=O) groups is 1. The van der Waals surface area contributed by atoms with E-state index in [-0.39, 0.29) is 6.92 Å². The highest BCUT2D eigenvalue weighted by Crippen LogP contribution is 2.36. The lowest BCUT2D eigenvalue weighted by Crippen LogP contribution is -2.42. The van der Waals surface area contributed by atoms with E-state index >= 15 is 0 Å². The maximum absolute atomic E-state index is 13.2. The highest BCUT2D eigenvalue weighted by atomic mass is 32.2. The normalized spacial score (nSPS) is 14.1. The third-order valence-corrected chi connectivity index (χ3v) is 3.40. The third kappa shape index (κ3) is 4.77. The maximum atomic E-state index is 13.2. The summed E-state index contributed by atoms with van der Waals surface area (Å²) in [5, 5.41) is -0.458. The SMILES string of the molecule is CC(F)(F)C(F)C(F)(F)CCSC(=O)c1ccccc1. The topological polar surface area (TPSA) is 17.1 Å². The predicted octanol–water partition coefficient (Wildman–Crippen LogP) is 4.58. The average molecular weight is 312 g/mol. The number of hydrogen-bond donors (Lipinski definition) is 0. The van der Waals surface area contributed by atoms with Crippen molar-refractivity contribution in [2.45, 2.75) is 31.4 Å². The summed E-state index contributed by atoms with van der Waals surface area (Å²) in [5.41, 5.74) is 0.318. The molecule has 0 spiro atoms. The third-order valence-electron chi connectivity index (χ3n) is 2.49. The molecule has 0 bridgehead atoms. The summed E-state index contributed by atoms with van der Waals surface area (Å²) in [7, 11) is 0. The Bertz CT molecular complexity index is 444. The summed E-state index contributed by atoms with van der Waals surface area (Å²) in [6, 6.07) is 7.92. The Morgan fingerprint density at radius 3 is 2.25 bits per heavy atom. The molecule has 20 heavy (non-hydrogen) atoms. The number of alkyl halides is 5. The zero-order valence-electron chi connectivity index (χ0n) is 10.6. The molecular weight excluding hydrogens is 299 g/mol. The Balaban J connectivity index is 2.50. The highest BCUT2D eigenvalue weighted by molar-refractivity contribution is 8.14. The Morgan fingerprint density at radius 1 is 1.20 bits per heavy atom. The summed E-state index contributed by atoms with van der Waals surface area (Å²) in [4.78, 5) is 11.6. The van der Waals surface area contributed by atoms with E-state index in [0.717, 1.165) is 0 Å². The van der Waals surface area contributed by atoms with Gasteiger partial charge in [-0.1, -0.05) is 42.1 Å². The first-order valence-electron chi connectivity index (χ1n) is 5.76.